The maximum atomic E-state index is 13.0. The Morgan fingerprint density at radius 2 is 1.86 bits per heavy atom. The monoisotopic (exact) mass is 396 g/mol. The average molecular weight is 396 g/mol. The Hall–Kier alpha value is -2.73. The Morgan fingerprint density at radius 1 is 1.14 bits per heavy atom. The molecule has 6 heteroatoms. The molecule has 5 nitrogen and oxygen atoms in total. The third-order valence-corrected chi connectivity index (χ3v) is 5.92. The van der Waals surface area contributed by atoms with Crippen LogP contribution < -0.4 is 4.74 Å². The highest BCUT2D eigenvalue weighted by molar-refractivity contribution is 5.99. The first-order chi connectivity index (χ1) is 14.0. The fraction of sp³-hybridized carbons (Fsp3) is 0.391. The largest absolute Gasteiger partial charge is 0.497 e. The molecular weight excluding hydrogens is 371 g/mol. The van der Waals surface area contributed by atoms with Gasteiger partial charge in [0.15, 0.2) is 5.78 Å². The Balaban J connectivity index is 1.28. The quantitative estimate of drug-likeness (QED) is 0.703. The molecule has 1 saturated heterocycles. The van der Waals surface area contributed by atoms with Crippen molar-refractivity contribution in [2.75, 3.05) is 33.3 Å². The van der Waals surface area contributed by atoms with Gasteiger partial charge in [-0.25, -0.2) is 4.39 Å². The summed E-state index contributed by atoms with van der Waals surface area (Å²) < 4.78 is 18.2. The molecule has 152 valence electrons. The van der Waals surface area contributed by atoms with Crippen molar-refractivity contribution < 1.29 is 18.7 Å². The summed E-state index contributed by atoms with van der Waals surface area (Å²) in [5.41, 5.74) is 2.34. The van der Waals surface area contributed by atoms with Crippen LogP contribution in [0, 0.1) is 11.7 Å². The summed E-state index contributed by atoms with van der Waals surface area (Å²) in [5.74, 6) is 0.903. The van der Waals surface area contributed by atoms with Gasteiger partial charge in [0.1, 0.15) is 11.6 Å². The topological polar surface area (TPSA) is 49.9 Å². The molecule has 1 fully saturated rings. The Labute approximate surface area is 170 Å². The number of ketones is 1. The van der Waals surface area contributed by atoms with E-state index < -0.39 is 0 Å². The van der Waals surface area contributed by atoms with Crippen LogP contribution >= 0.6 is 0 Å². The van der Waals surface area contributed by atoms with E-state index in [4.69, 9.17) is 4.74 Å². The summed E-state index contributed by atoms with van der Waals surface area (Å²) >= 11 is 0. The van der Waals surface area contributed by atoms with Crippen molar-refractivity contribution in [3.63, 3.8) is 0 Å². The molecule has 1 amide bonds. The number of benzene rings is 2. The number of fused-ring (bicyclic) bond motifs is 1. The molecule has 2 aromatic rings. The summed E-state index contributed by atoms with van der Waals surface area (Å²) in [6.07, 6.45) is 1.92. The van der Waals surface area contributed by atoms with Gasteiger partial charge in [-0.05, 0) is 73.8 Å². The van der Waals surface area contributed by atoms with Crippen molar-refractivity contribution in [2.45, 2.75) is 19.4 Å². The lowest BCUT2D eigenvalue weighted by Crippen LogP contribution is -2.40. The maximum Gasteiger partial charge on any atom is 0.254 e. The van der Waals surface area contributed by atoms with Gasteiger partial charge < -0.3 is 9.64 Å². The van der Waals surface area contributed by atoms with Crippen molar-refractivity contribution in [1.82, 2.24) is 9.80 Å². The third kappa shape index (κ3) is 4.32. The molecule has 0 radical (unpaired) electrons. The number of halogens is 1. The number of hydrogen-bond donors (Lipinski definition) is 0. The van der Waals surface area contributed by atoms with Crippen LogP contribution in [-0.4, -0.2) is 54.8 Å². The summed E-state index contributed by atoms with van der Waals surface area (Å²) in [7, 11) is 1.60. The Morgan fingerprint density at radius 3 is 2.55 bits per heavy atom. The van der Waals surface area contributed by atoms with E-state index in [0.717, 1.165) is 43.6 Å². The van der Waals surface area contributed by atoms with E-state index in [1.165, 1.54) is 24.3 Å². The van der Waals surface area contributed by atoms with Gasteiger partial charge >= 0.3 is 0 Å². The number of piperidine rings is 1. The van der Waals surface area contributed by atoms with Crippen LogP contribution in [0.3, 0.4) is 0 Å². The fourth-order valence-electron chi connectivity index (χ4n) is 4.18. The number of carbonyl (C=O) groups excluding carboxylic acids is 2. The van der Waals surface area contributed by atoms with Gasteiger partial charge in [-0.1, -0.05) is 6.07 Å². The number of rotatable bonds is 6. The number of carbonyl (C=O) groups is 2. The number of ether oxygens (including phenoxy) is 1. The molecule has 0 N–H and O–H groups in total. The molecule has 2 heterocycles. The molecule has 29 heavy (non-hydrogen) atoms. The summed E-state index contributed by atoms with van der Waals surface area (Å²) in [6.45, 7) is 3.42. The second-order valence-corrected chi connectivity index (χ2v) is 7.86. The van der Waals surface area contributed by atoms with E-state index in [1.807, 2.05) is 23.1 Å². The molecule has 0 aliphatic carbocycles. The van der Waals surface area contributed by atoms with Gasteiger partial charge in [-0.15, -0.1) is 0 Å². The predicted molar refractivity (Wildman–Crippen MR) is 108 cm³/mol. The normalized spacial score (nSPS) is 17.4. The van der Waals surface area contributed by atoms with Crippen LogP contribution in [0.25, 0.3) is 0 Å². The van der Waals surface area contributed by atoms with Gasteiger partial charge in [0.05, 0.1) is 13.7 Å². The van der Waals surface area contributed by atoms with E-state index >= 15 is 0 Å². The second kappa shape index (κ2) is 8.33. The van der Waals surface area contributed by atoms with Crippen molar-refractivity contribution in [3.8, 4) is 5.75 Å². The highest BCUT2D eigenvalue weighted by Crippen LogP contribution is 2.29. The van der Waals surface area contributed by atoms with Crippen molar-refractivity contribution in [2.24, 2.45) is 5.92 Å². The number of hydrogen-bond acceptors (Lipinski definition) is 4. The number of nitrogens with zero attached hydrogens (tertiary/aromatic N) is 2. The standard InChI is InChI=1S/C23H25FN2O3/c1-29-20-7-4-18-14-26(23(28)21(18)12-20)13-16-8-10-25(11-9-16)15-22(27)17-2-5-19(24)6-3-17/h2-7,12,16H,8-11,13-15H2,1H3. The van der Waals surface area contributed by atoms with Gasteiger partial charge in [0.2, 0.25) is 0 Å². The van der Waals surface area contributed by atoms with Crippen molar-refractivity contribution >= 4 is 11.7 Å². The summed E-state index contributed by atoms with van der Waals surface area (Å²) in [5, 5.41) is 0. The molecule has 0 spiro atoms. The van der Waals surface area contributed by atoms with Crippen LogP contribution in [0.5, 0.6) is 5.75 Å². The first kappa shape index (κ1) is 19.6. The lowest BCUT2D eigenvalue weighted by Gasteiger charge is -2.33. The van der Waals surface area contributed by atoms with Crippen LogP contribution in [0.4, 0.5) is 4.39 Å². The van der Waals surface area contributed by atoms with E-state index in [9.17, 15) is 14.0 Å². The minimum atomic E-state index is -0.334. The molecule has 0 saturated carbocycles. The zero-order valence-corrected chi connectivity index (χ0v) is 16.6. The number of amides is 1. The van der Waals surface area contributed by atoms with E-state index in [1.54, 1.807) is 7.11 Å². The summed E-state index contributed by atoms with van der Waals surface area (Å²) in [6, 6.07) is 11.4. The predicted octanol–water partition coefficient (Wildman–Crippen LogP) is 3.39. The van der Waals surface area contributed by atoms with Crippen LogP contribution in [0.1, 0.15) is 39.1 Å². The number of methoxy groups -OCH3 is 1. The number of Topliss-reactive ketones (excluding diaryl/α,β-unsaturated/α-hetero) is 1. The number of likely N-dealkylation sites (tertiary alicyclic amines) is 1. The Bertz CT molecular complexity index is 905. The van der Waals surface area contributed by atoms with Gasteiger partial charge in [-0.3, -0.25) is 14.5 Å². The zero-order chi connectivity index (χ0) is 20.4. The first-order valence-electron chi connectivity index (χ1n) is 10.0. The molecule has 0 unspecified atom stereocenters. The average Bonchev–Trinajstić information content (AvgIpc) is 3.04. The maximum absolute atomic E-state index is 13.0. The van der Waals surface area contributed by atoms with Crippen LogP contribution in [0.2, 0.25) is 0 Å². The van der Waals surface area contributed by atoms with E-state index in [2.05, 4.69) is 4.90 Å². The molecular formula is C23H25FN2O3. The minimum Gasteiger partial charge on any atom is -0.497 e. The van der Waals surface area contributed by atoms with Crippen LogP contribution in [0.15, 0.2) is 42.5 Å². The lowest BCUT2D eigenvalue weighted by atomic mass is 9.95. The molecule has 0 bridgehead atoms. The smallest absolute Gasteiger partial charge is 0.254 e. The molecule has 2 aromatic carbocycles. The van der Waals surface area contributed by atoms with Crippen LogP contribution in [-0.2, 0) is 6.54 Å². The van der Waals surface area contributed by atoms with Gasteiger partial charge in [0, 0.05) is 24.2 Å². The van der Waals surface area contributed by atoms with Crippen molar-refractivity contribution in [1.29, 1.82) is 0 Å². The highest BCUT2D eigenvalue weighted by atomic mass is 19.1. The van der Waals surface area contributed by atoms with Gasteiger partial charge in [0.25, 0.3) is 5.91 Å². The first-order valence-corrected chi connectivity index (χ1v) is 10.0. The third-order valence-electron chi connectivity index (χ3n) is 5.92. The fourth-order valence-corrected chi connectivity index (χ4v) is 4.18. The zero-order valence-electron chi connectivity index (χ0n) is 16.6. The minimum absolute atomic E-state index is 0.0163. The van der Waals surface area contributed by atoms with E-state index in [0.29, 0.717) is 30.3 Å². The van der Waals surface area contributed by atoms with Crippen molar-refractivity contribution in [3.05, 3.63) is 65.0 Å². The molecule has 0 aromatic heterocycles. The highest BCUT2D eigenvalue weighted by Gasteiger charge is 2.31. The molecule has 4 rings (SSSR count). The molecule has 0 atom stereocenters. The second-order valence-electron chi connectivity index (χ2n) is 7.86. The lowest BCUT2D eigenvalue weighted by molar-refractivity contribution is 0.0707. The SMILES string of the molecule is COc1ccc2c(c1)C(=O)N(CC1CCN(CC(=O)c3ccc(F)cc3)CC1)C2. The van der Waals surface area contributed by atoms with E-state index in [-0.39, 0.29) is 17.5 Å². The molecule has 2 aliphatic rings. The Kier molecular flexibility index (Phi) is 5.62. The summed E-state index contributed by atoms with van der Waals surface area (Å²) in [4.78, 5) is 29.2. The molecule has 2 aliphatic heterocycles. The van der Waals surface area contributed by atoms with Gasteiger partial charge in [-0.2, -0.15) is 0 Å².